The molecule has 0 saturated carbocycles. The molecule has 1 aliphatic heterocycles. The minimum Gasteiger partial charge on any atom is -0.399 e. The molecular weight excluding hydrogens is 447 g/mol. The van der Waals surface area contributed by atoms with Crippen LogP contribution in [0.3, 0.4) is 0 Å². The Labute approximate surface area is 185 Å². The zero-order valence-electron chi connectivity index (χ0n) is 16.7. The summed E-state index contributed by atoms with van der Waals surface area (Å²) in [6, 6.07) is 4.35. The Morgan fingerprint density at radius 3 is 2.69 bits per heavy atom. The maximum atomic E-state index is 13.2. The topological polar surface area (TPSA) is 110 Å². The number of amides is 1. The summed E-state index contributed by atoms with van der Waals surface area (Å²) in [6.07, 6.45) is -1.74. The predicted molar refractivity (Wildman–Crippen MR) is 111 cm³/mol. The standard InChI is InChI=1S/C20H17ClF3N7O/c1-10(12-4-13(20(22,23)24)6-14(25)5-12)28-17-15-8-31(9-16(15)29-19(21)30-17)18(32)11-2-3-26-27-7-11/h2-7,10H,8-9,25H2,1H3,(H,28,29,30)/t10-/m1/s1. The van der Waals surface area contributed by atoms with Crippen molar-refractivity contribution in [2.45, 2.75) is 32.2 Å². The predicted octanol–water partition coefficient (Wildman–Crippen LogP) is 3.85. The quantitative estimate of drug-likeness (QED) is 0.446. The first-order valence-electron chi connectivity index (χ1n) is 9.47. The number of anilines is 2. The van der Waals surface area contributed by atoms with E-state index in [1.165, 1.54) is 18.5 Å². The Hall–Kier alpha value is -3.47. The number of fused-ring (bicyclic) bond motifs is 1. The van der Waals surface area contributed by atoms with E-state index in [0.29, 0.717) is 28.2 Å². The van der Waals surface area contributed by atoms with Crippen LogP contribution in [-0.2, 0) is 19.3 Å². The summed E-state index contributed by atoms with van der Waals surface area (Å²) in [6.45, 7) is 2.09. The van der Waals surface area contributed by atoms with Crippen LogP contribution in [0.1, 0.15) is 45.7 Å². The van der Waals surface area contributed by atoms with E-state index in [9.17, 15) is 18.0 Å². The van der Waals surface area contributed by atoms with E-state index in [1.54, 1.807) is 17.9 Å². The number of alkyl halides is 3. The molecule has 1 amide bonds. The smallest absolute Gasteiger partial charge is 0.399 e. The number of nitrogens with two attached hydrogens (primary N) is 1. The summed E-state index contributed by atoms with van der Waals surface area (Å²) in [5.74, 6) is 0.0744. The van der Waals surface area contributed by atoms with E-state index < -0.39 is 17.8 Å². The molecule has 12 heteroatoms. The van der Waals surface area contributed by atoms with Crippen LogP contribution >= 0.6 is 11.6 Å². The molecule has 0 bridgehead atoms. The molecule has 0 fully saturated rings. The Bertz CT molecular complexity index is 1170. The van der Waals surface area contributed by atoms with Crippen molar-refractivity contribution >= 4 is 29.0 Å². The molecular formula is C20H17ClF3N7O. The number of halogens is 4. The van der Waals surface area contributed by atoms with Crippen molar-refractivity contribution < 1.29 is 18.0 Å². The van der Waals surface area contributed by atoms with Gasteiger partial charge in [-0.3, -0.25) is 4.79 Å². The number of rotatable bonds is 4. The van der Waals surface area contributed by atoms with Gasteiger partial charge in [0, 0.05) is 11.3 Å². The highest BCUT2D eigenvalue weighted by Gasteiger charge is 2.32. The summed E-state index contributed by atoms with van der Waals surface area (Å²) in [4.78, 5) is 22.7. The highest BCUT2D eigenvalue weighted by atomic mass is 35.5. The van der Waals surface area contributed by atoms with Gasteiger partial charge >= 0.3 is 6.18 Å². The molecule has 8 nitrogen and oxygen atoms in total. The van der Waals surface area contributed by atoms with Gasteiger partial charge in [0.1, 0.15) is 5.82 Å². The zero-order chi connectivity index (χ0) is 23.0. The molecule has 4 rings (SSSR count). The number of nitrogens with zero attached hydrogens (tertiary/aromatic N) is 5. The molecule has 0 spiro atoms. The molecule has 166 valence electrons. The lowest BCUT2D eigenvalue weighted by molar-refractivity contribution is -0.137. The number of carbonyl (C=O) groups is 1. The molecule has 3 N–H and O–H groups in total. The molecule has 0 unspecified atom stereocenters. The van der Waals surface area contributed by atoms with Crippen molar-refractivity contribution in [1.29, 1.82) is 0 Å². The van der Waals surface area contributed by atoms with E-state index >= 15 is 0 Å². The zero-order valence-corrected chi connectivity index (χ0v) is 17.4. The van der Waals surface area contributed by atoms with Gasteiger partial charge in [-0.25, -0.2) is 9.97 Å². The number of hydrogen-bond acceptors (Lipinski definition) is 7. The van der Waals surface area contributed by atoms with Crippen LogP contribution in [-0.4, -0.2) is 31.0 Å². The molecule has 32 heavy (non-hydrogen) atoms. The maximum Gasteiger partial charge on any atom is 0.416 e. The molecule has 1 aliphatic rings. The van der Waals surface area contributed by atoms with Crippen LogP contribution in [0.15, 0.2) is 36.7 Å². The number of carbonyl (C=O) groups excluding carboxylic acids is 1. The van der Waals surface area contributed by atoms with Crippen molar-refractivity contribution in [1.82, 2.24) is 25.1 Å². The number of nitrogen functional groups attached to an aromatic ring is 1. The molecule has 1 atom stereocenters. The summed E-state index contributed by atoms with van der Waals surface area (Å²) in [5, 5.41) is 10.4. The Morgan fingerprint density at radius 2 is 2.00 bits per heavy atom. The van der Waals surface area contributed by atoms with Crippen molar-refractivity contribution in [2.75, 3.05) is 11.1 Å². The highest BCUT2D eigenvalue weighted by molar-refractivity contribution is 6.28. The normalized spacial score (nSPS) is 14.2. The first kappa shape index (κ1) is 21.8. The molecule has 3 aromatic rings. The average molecular weight is 464 g/mol. The highest BCUT2D eigenvalue weighted by Crippen LogP contribution is 2.35. The third-order valence-electron chi connectivity index (χ3n) is 5.03. The molecule has 0 radical (unpaired) electrons. The van der Waals surface area contributed by atoms with Crippen molar-refractivity contribution in [3.8, 4) is 0 Å². The Morgan fingerprint density at radius 1 is 1.22 bits per heavy atom. The summed E-state index contributed by atoms with van der Waals surface area (Å²) in [7, 11) is 0. The number of nitrogens with one attached hydrogen (secondary N) is 1. The van der Waals surface area contributed by atoms with Crippen LogP contribution in [0, 0.1) is 0 Å². The van der Waals surface area contributed by atoms with E-state index in [1.807, 2.05) is 0 Å². The van der Waals surface area contributed by atoms with E-state index in [4.69, 9.17) is 17.3 Å². The Balaban J connectivity index is 1.60. The van der Waals surface area contributed by atoms with Gasteiger partial charge in [-0.2, -0.15) is 23.4 Å². The summed E-state index contributed by atoms with van der Waals surface area (Å²) >= 11 is 6.06. The second-order valence-corrected chi connectivity index (χ2v) is 7.65. The minimum atomic E-state index is -4.52. The fourth-order valence-electron chi connectivity index (χ4n) is 3.47. The van der Waals surface area contributed by atoms with Crippen LogP contribution in [0.25, 0.3) is 0 Å². The van der Waals surface area contributed by atoms with E-state index in [0.717, 1.165) is 12.1 Å². The van der Waals surface area contributed by atoms with Crippen molar-refractivity contribution in [2.24, 2.45) is 0 Å². The largest absolute Gasteiger partial charge is 0.416 e. The lowest BCUT2D eigenvalue weighted by Crippen LogP contribution is -2.25. The van der Waals surface area contributed by atoms with E-state index in [2.05, 4.69) is 25.5 Å². The molecule has 0 saturated heterocycles. The van der Waals surface area contributed by atoms with Gasteiger partial charge < -0.3 is 16.0 Å². The third kappa shape index (κ3) is 4.42. The van der Waals surface area contributed by atoms with Gasteiger partial charge in [-0.15, -0.1) is 0 Å². The lowest BCUT2D eigenvalue weighted by atomic mass is 10.0. The van der Waals surface area contributed by atoms with Crippen molar-refractivity contribution in [3.63, 3.8) is 0 Å². The van der Waals surface area contributed by atoms with Gasteiger partial charge in [0.2, 0.25) is 5.28 Å². The number of aromatic nitrogens is 4. The van der Waals surface area contributed by atoms with Crippen LogP contribution in [0.2, 0.25) is 5.28 Å². The average Bonchev–Trinajstić information content (AvgIpc) is 3.17. The second-order valence-electron chi connectivity index (χ2n) is 7.31. The fraction of sp³-hybridized carbons (Fsp3) is 0.250. The van der Waals surface area contributed by atoms with Gasteiger partial charge in [0.15, 0.2) is 0 Å². The fourth-order valence-corrected chi connectivity index (χ4v) is 3.65. The van der Waals surface area contributed by atoms with Gasteiger partial charge in [-0.05, 0) is 48.4 Å². The first-order chi connectivity index (χ1) is 15.1. The monoisotopic (exact) mass is 463 g/mol. The van der Waals surface area contributed by atoms with Crippen LogP contribution in [0.4, 0.5) is 24.7 Å². The number of hydrogen-bond donors (Lipinski definition) is 2. The van der Waals surface area contributed by atoms with Crippen molar-refractivity contribution in [3.05, 3.63) is 69.9 Å². The van der Waals surface area contributed by atoms with Crippen LogP contribution in [0.5, 0.6) is 0 Å². The Kier molecular flexibility index (Phi) is 5.59. The minimum absolute atomic E-state index is 0.00263. The summed E-state index contributed by atoms with van der Waals surface area (Å²) in [5.41, 5.74) is 6.73. The molecule has 1 aromatic carbocycles. The lowest BCUT2D eigenvalue weighted by Gasteiger charge is -2.19. The van der Waals surface area contributed by atoms with Gasteiger partial charge in [-0.1, -0.05) is 0 Å². The first-order valence-corrected chi connectivity index (χ1v) is 9.85. The van der Waals surface area contributed by atoms with E-state index in [-0.39, 0.29) is 30.0 Å². The molecule has 2 aromatic heterocycles. The molecule has 3 heterocycles. The number of benzene rings is 1. The van der Waals surface area contributed by atoms with Gasteiger partial charge in [0.25, 0.3) is 5.91 Å². The summed E-state index contributed by atoms with van der Waals surface area (Å²) < 4.78 is 39.5. The third-order valence-corrected chi connectivity index (χ3v) is 5.20. The second kappa shape index (κ2) is 8.23. The van der Waals surface area contributed by atoms with Gasteiger partial charge in [0.05, 0.1) is 48.3 Å². The molecule has 0 aliphatic carbocycles. The van der Waals surface area contributed by atoms with Crippen LogP contribution < -0.4 is 11.1 Å². The SMILES string of the molecule is C[C@@H](Nc1nc(Cl)nc2c1CN(C(=O)c1ccnnc1)C2)c1cc(N)cc(C(F)(F)F)c1. The maximum absolute atomic E-state index is 13.2.